The highest BCUT2D eigenvalue weighted by atomic mass is 35.5. The Bertz CT molecular complexity index is 515. The zero-order valence-corrected chi connectivity index (χ0v) is 12.1. The van der Waals surface area contributed by atoms with E-state index >= 15 is 0 Å². The quantitative estimate of drug-likeness (QED) is 0.931. The lowest BCUT2D eigenvalue weighted by atomic mass is 10.1. The van der Waals surface area contributed by atoms with Gasteiger partial charge < -0.3 is 10.0 Å². The topological polar surface area (TPSA) is 43.8 Å². The van der Waals surface area contributed by atoms with Crippen molar-refractivity contribution in [2.24, 2.45) is 0 Å². The van der Waals surface area contributed by atoms with Crippen molar-refractivity contribution in [3.8, 4) is 0 Å². The van der Waals surface area contributed by atoms with Gasteiger partial charge in [-0.15, -0.1) is 0 Å². The Balaban J connectivity index is 1.80. The second-order valence-electron chi connectivity index (χ2n) is 5.57. The summed E-state index contributed by atoms with van der Waals surface area (Å²) in [6.07, 6.45) is 3.67. The molecule has 1 N–H and O–H groups in total. The van der Waals surface area contributed by atoms with Gasteiger partial charge in [-0.05, 0) is 44.5 Å². The SMILES string of the molecule is O=C(O)c1c(Cl)cccc1N1CCC(N2CCCC2)C1. The Morgan fingerprint density at radius 1 is 1.25 bits per heavy atom. The minimum absolute atomic E-state index is 0.233. The first-order valence-corrected chi connectivity index (χ1v) is 7.55. The summed E-state index contributed by atoms with van der Waals surface area (Å²) < 4.78 is 0. The summed E-state index contributed by atoms with van der Waals surface area (Å²) in [5.41, 5.74) is 0.989. The van der Waals surface area contributed by atoms with Crippen molar-refractivity contribution < 1.29 is 9.90 Å². The summed E-state index contributed by atoms with van der Waals surface area (Å²) in [7, 11) is 0. The Morgan fingerprint density at radius 3 is 2.70 bits per heavy atom. The van der Waals surface area contributed by atoms with Gasteiger partial charge in [-0.2, -0.15) is 0 Å². The summed E-state index contributed by atoms with van der Waals surface area (Å²) in [5.74, 6) is -0.949. The molecule has 0 aromatic heterocycles. The third-order valence-corrected chi connectivity index (χ3v) is 4.68. The molecule has 0 saturated carbocycles. The van der Waals surface area contributed by atoms with Crippen molar-refractivity contribution in [3.05, 3.63) is 28.8 Å². The van der Waals surface area contributed by atoms with Crippen LogP contribution in [0, 0.1) is 0 Å². The molecule has 3 rings (SSSR count). The fraction of sp³-hybridized carbons (Fsp3) is 0.533. The van der Waals surface area contributed by atoms with Crippen LogP contribution in [0.5, 0.6) is 0 Å². The molecule has 0 radical (unpaired) electrons. The average molecular weight is 295 g/mol. The van der Waals surface area contributed by atoms with E-state index in [0.29, 0.717) is 11.1 Å². The van der Waals surface area contributed by atoms with E-state index in [0.717, 1.165) is 25.2 Å². The number of likely N-dealkylation sites (tertiary alicyclic amines) is 1. The Kier molecular flexibility index (Phi) is 3.85. The minimum atomic E-state index is -0.949. The number of carboxylic acid groups (broad SMARTS) is 1. The first-order valence-electron chi connectivity index (χ1n) is 7.17. The van der Waals surface area contributed by atoms with E-state index in [1.165, 1.54) is 25.9 Å². The second-order valence-corrected chi connectivity index (χ2v) is 5.98. The molecule has 1 aromatic rings. The third-order valence-electron chi connectivity index (χ3n) is 4.37. The zero-order valence-electron chi connectivity index (χ0n) is 11.4. The van der Waals surface area contributed by atoms with Gasteiger partial charge in [-0.25, -0.2) is 4.79 Å². The first-order chi connectivity index (χ1) is 9.66. The summed E-state index contributed by atoms with van der Waals surface area (Å²) in [6.45, 7) is 4.17. The van der Waals surface area contributed by atoms with Crippen molar-refractivity contribution in [1.82, 2.24) is 4.90 Å². The fourth-order valence-electron chi connectivity index (χ4n) is 3.35. The number of anilines is 1. The minimum Gasteiger partial charge on any atom is -0.478 e. The molecule has 0 aliphatic carbocycles. The lowest BCUT2D eigenvalue weighted by molar-refractivity contribution is 0.0697. The molecule has 2 aliphatic rings. The number of aromatic carboxylic acids is 1. The molecule has 108 valence electrons. The fourth-order valence-corrected chi connectivity index (χ4v) is 3.60. The van der Waals surface area contributed by atoms with E-state index in [-0.39, 0.29) is 5.56 Å². The van der Waals surface area contributed by atoms with Gasteiger partial charge in [0.1, 0.15) is 5.56 Å². The number of rotatable bonds is 3. The number of nitrogens with zero attached hydrogens (tertiary/aromatic N) is 2. The second kappa shape index (κ2) is 5.62. The number of carboxylic acids is 1. The van der Waals surface area contributed by atoms with Crippen LogP contribution in [0.4, 0.5) is 5.69 Å². The van der Waals surface area contributed by atoms with E-state index in [1.807, 2.05) is 12.1 Å². The van der Waals surface area contributed by atoms with Gasteiger partial charge in [0.25, 0.3) is 0 Å². The molecule has 2 saturated heterocycles. The molecule has 4 nitrogen and oxygen atoms in total. The maximum absolute atomic E-state index is 11.4. The largest absolute Gasteiger partial charge is 0.478 e. The van der Waals surface area contributed by atoms with Crippen LogP contribution in [-0.2, 0) is 0 Å². The molecule has 1 atom stereocenters. The van der Waals surface area contributed by atoms with Gasteiger partial charge in [0.05, 0.1) is 10.7 Å². The predicted molar refractivity (Wildman–Crippen MR) is 79.8 cm³/mol. The van der Waals surface area contributed by atoms with E-state index in [2.05, 4.69) is 9.80 Å². The molecule has 0 amide bonds. The van der Waals surface area contributed by atoms with Gasteiger partial charge >= 0.3 is 5.97 Å². The van der Waals surface area contributed by atoms with Crippen LogP contribution in [0.2, 0.25) is 5.02 Å². The summed E-state index contributed by atoms with van der Waals surface area (Å²) in [4.78, 5) is 16.1. The van der Waals surface area contributed by atoms with Crippen LogP contribution in [0.1, 0.15) is 29.6 Å². The highest BCUT2D eigenvalue weighted by molar-refractivity contribution is 6.34. The van der Waals surface area contributed by atoms with Gasteiger partial charge in [0.2, 0.25) is 0 Å². The Hall–Kier alpha value is -1.26. The average Bonchev–Trinajstić information content (AvgIpc) is 3.09. The molecular formula is C15H19ClN2O2. The van der Waals surface area contributed by atoms with Crippen molar-refractivity contribution in [2.75, 3.05) is 31.1 Å². The van der Waals surface area contributed by atoms with Crippen molar-refractivity contribution in [1.29, 1.82) is 0 Å². The highest BCUT2D eigenvalue weighted by Gasteiger charge is 2.31. The van der Waals surface area contributed by atoms with Gasteiger partial charge in [0.15, 0.2) is 0 Å². The van der Waals surface area contributed by atoms with Crippen LogP contribution in [0.15, 0.2) is 18.2 Å². The molecular weight excluding hydrogens is 276 g/mol. The number of hydrogen-bond acceptors (Lipinski definition) is 3. The van der Waals surface area contributed by atoms with Gasteiger partial charge in [0, 0.05) is 19.1 Å². The highest BCUT2D eigenvalue weighted by Crippen LogP contribution is 2.31. The Labute approximate surface area is 123 Å². The molecule has 20 heavy (non-hydrogen) atoms. The van der Waals surface area contributed by atoms with Crippen LogP contribution in [0.3, 0.4) is 0 Å². The van der Waals surface area contributed by atoms with Crippen molar-refractivity contribution in [3.63, 3.8) is 0 Å². The maximum atomic E-state index is 11.4. The standard InChI is InChI=1S/C15H19ClN2O2/c16-12-4-3-5-13(14(12)15(19)20)18-9-6-11(10-18)17-7-1-2-8-17/h3-5,11H,1-2,6-10H2,(H,19,20). The molecule has 2 heterocycles. The lowest BCUT2D eigenvalue weighted by Gasteiger charge is -2.25. The normalized spacial score (nSPS) is 23.4. The lowest BCUT2D eigenvalue weighted by Crippen LogP contribution is -2.35. The van der Waals surface area contributed by atoms with E-state index < -0.39 is 5.97 Å². The van der Waals surface area contributed by atoms with Gasteiger partial charge in [-0.3, -0.25) is 4.90 Å². The molecule has 0 bridgehead atoms. The summed E-state index contributed by atoms with van der Waals surface area (Å²) in [6, 6.07) is 5.88. The third kappa shape index (κ3) is 2.50. The maximum Gasteiger partial charge on any atom is 0.339 e. The van der Waals surface area contributed by atoms with Crippen molar-refractivity contribution >= 4 is 23.3 Å². The molecule has 0 spiro atoms. The summed E-state index contributed by atoms with van der Waals surface area (Å²) in [5, 5.41) is 9.68. The van der Waals surface area contributed by atoms with Gasteiger partial charge in [-0.1, -0.05) is 17.7 Å². The molecule has 1 aromatic carbocycles. The number of halogens is 1. The molecule has 2 fully saturated rings. The van der Waals surface area contributed by atoms with E-state index in [9.17, 15) is 9.90 Å². The Morgan fingerprint density at radius 2 is 2.00 bits per heavy atom. The van der Waals surface area contributed by atoms with Crippen LogP contribution in [0.25, 0.3) is 0 Å². The van der Waals surface area contributed by atoms with E-state index in [1.54, 1.807) is 6.07 Å². The summed E-state index contributed by atoms with van der Waals surface area (Å²) >= 11 is 6.05. The number of benzene rings is 1. The first kappa shape index (κ1) is 13.7. The smallest absolute Gasteiger partial charge is 0.339 e. The molecule has 2 aliphatic heterocycles. The molecule has 1 unspecified atom stereocenters. The monoisotopic (exact) mass is 294 g/mol. The van der Waals surface area contributed by atoms with Crippen LogP contribution < -0.4 is 4.90 Å². The zero-order chi connectivity index (χ0) is 14.1. The predicted octanol–water partition coefficient (Wildman–Crippen LogP) is 2.71. The van der Waals surface area contributed by atoms with Crippen molar-refractivity contribution in [2.45, 2.75) is 25.3 Å². The molecule has 5 heteroatoms. The number of hydrogen-bond donors (Lipinski definition) is 1. The number of carbonyl (C=O) groups is 1. The van der Waals surface area contributed by atoms with Crippen LogP contribution in [-0.4, -0.2) is 48.2 Å². The van der Waals surface area contributed by atoms with Crippen LogP contribution >= 0.6 is 11.6 Å². The van der Waals surface area contributed by atoms with E-state index in [4.69, 9.17) is 11.6 Å².